The second kappa shape index (κ2) is 12.1. The van der Waals surface area contributed by atoms with E-state index in [1.165, 1.54) is 0 Å². The van der Waals surface area contributed by atoms with Crippen molar-refractivity contribution in [1.82, 2.24) is 24.5 Å². The van der Waals surface area contributed by atoms with Gasteiger partial charge in [0, 0.05) is 45.7 Å². The minimum Gasteiger partial charge on any atom is -0.306 e. The highest BCUT2D eigenvalue weighted by Gasteiger charge is 2.21. The first-order chi connectivity index (χ1) is 24.3. The zero-order valence-corrected chi connectivity index (χ0v) is 26.5. The van der Waals surface area contributed by atoms with Gasteiger partial charge in [-0.3, -0.25) is 9.97 Å². The zero-order chi connectivity index (χ0) is 32.6. The van der Waals surface area contributed by atoms with Gasteiger partial charge in [-0.05, 0) is 41.5 Å². The maximum Gasteiger partial charge on any atom is 0.160 e. The lowest BCUT2D eigenvalue weighted by Crippen LogP contribution is -1.99. The van der Waals surface area contributed by atoms with Gasteiger partial charge in [-0.15, -0.1) is 0 Å². The van der Waals surface area contributed by atoms with Crippen LogP contribution in [-0.4, -0.2) is 24.5 Å². The number of fused-ring (bicyclic) bond motifs is 3. The van der Waals surface area contributed by atoms with E-state index in [4.69, 9.17) is 19.9 Å². The van der Waals surface area contributed by atoms with Crippen molar-refractivity contribution in [2.24, 2.45) is 0 Å². The molecule has 0 radical (unpaired) electrons. The summed E-state index contributed by atoms with van der Waals surface area (Å²) in [5, 5.41) is 1.09. The molecule has 5 nitrogen and oxygen atoms in total. The summed E-state index contributed by atoms with van der Waals surface area (Å²) in [5.41, 5.74) is 12.9. The van der Waals surface area contributed by atoms with Crippen LogP contribution in [0, 0.1) is 0 Å². The van der Waals surface area contributed by atoms with E-state index in [-0.39, 0.29) is 0 Å². The Balaban J connectivity index is 1.21. The van der Waals surface area contributed by atoms with Crippen molar-refractivity contribution < 1.29 is 0 Å². The Hall–Kier alpha value is -6.72. The first kappa shape index (κ1) is 28.5. The van der Waals surface area contributed by atoms with Crippen molar-refractivity contribution in [3.05, 3.63) is 176 Å². The molecule has 0 bridgehead atoms. The van der Waals surface area contributed by atoms with E-state index in [9.17, 15) is 0 Å². The summed E-state index contributed by atoms with van der Waals surface area (Å²) >= 11 is 0. The molecular formula is C44H29N5. The summed E-state index contributed by atoms with van der Waals surface area (Å²) < 4.78 is 2.29. The molecule has 9 aromatic rings. The standard InChI is InChI=1S/C44H29N5/c1-4-14-30(15-5-1)39-40(46-27-26-45-39)34-20-12-18-32(28-34)33-19-13-21-35(29-33)44-47-41(31-16-6-2-7-17-31)43-42(48-44)37-24-10-11-25-38(37)49(43)36-22-8-3-9-23-36/h1-29H. The number of benzene rings is 6. The van der Waals surface area contributed by atoms with Crippen LogP contribution in [0.1, 0.15) is 0 Å². The first-order valence-electron chi connectivity index (χ1n) is 16.3. The van der Waals surface area contributed by atoms with Gasteiger partial charge < -0.3 is 4.57 Å². The molecule has 3 heterocycles. The first-order valence-corrected chi connectivity index (χ1v) is 16.3. The normalized spacial score (nSPS) is 11.3. The van der Waals surface area contributed by atoms with Crippen molar-refractivity contribution in [2.45, 2.75) is 0 Å². The highest BCUT2D eigenvalue weighted by molar-refractivity contribution is 6.11. The highest BCUT2D eigenvalue weighted by Crippen LogP contribution is 2.38. The fraction of sp³-hybridized carbons (Fsp3) is 0. The van der Waals surface area contributed by atoms with E-state index in [0.29, 0.717) is 5.82 Å². The van der Waals surface area contributed by atoms with E-state index < -0.39 is 0 Å². The fourth-order valence-electron chi connectivity index (χ4n) is 6.66. The molecule has 0 saturated heterocycles. The second-order valence-corrected chi connectivity index (χ2v) is 11.9. The van der Waals surface area contributed by atoms with Gasteiger partial charge in [0.25, 0.3) is 0 Å². The molecule has 5 heteroatoms. The van der Waals surface area contributed by atoms with Crippen LogP contribution >= 0.6 is 0 Å². The average molecular weight is 628 g/mol. The molecule has 0 aliphatic heterocycles. The molecule has 0 N–H and O–H groups in total. The van der Waals surface area contributed by atoms with Crippen molar-refractivity contribution in [1.29, 1.82) is 0 Å². The van der Waals surface area contributed by atoms with Gasteiger partial charge in [0.15, 0.2) is 5.82 Å². The highest BCUT2D eigenvalue weighted by atomic mass is 15.0. The molecule has 0 unspecified atom stereocenters. The quantitative estimate of drug-likeness (QED) is 0.184. The Morgan fingerprint density at radius 3 is 1.59 bits per heavy atom. The number of hydrogen-bond donors (Lipinski definition) is 0. The maximum atomic E-state index is 5.32. The van der Waals surface area contributed by atoms with E-state index >= 15 is 0 Å². The minimum absolute atomic E-state index is 0.681. The molecule has 49 heavy (non-hydrogen) atoms. The predicted octanol–water partition coefficient (Wildman–Crippen LogP) is 10.7. The van der Waals surface area contributed by atoms with Crippen LogP contribution in [0.15, 0.2) is 176 Å². The monoisotopic (exact) mass is 627 g/mol. The van der Waals surface area contributed by atoms with Gasteiger partial charge in [0.05, 0.1) is 28.1 Å². The topological polar surface area (TPSA) is 56.5 Å². The van der Waals surface area contributed by atoms with Crippen LogP contribution in [0.4, 0.5) is 0 Å². The maximum absolute atomic E-state index is 5.32. The summed E-state index contributed by atoms with van der Waals surface area (Å²) in [6.07, 6.45) is 3.50. The van der Waals surface area contributed by atoms with Gasteiger partial charge >= 0.3 is 0 Å². The number of nitrogens with zero attached hydrogens (tertiary/aromatic N) is 5. The van der Waals surface area contributed by atoms with E-state index in [0.717, 1.165) is 78.1 Å². The number of hydrogen-bond acceptors (Lipinski definition) is 4. The molecule has 0 saturated carbocycles. The molecule has 3 aromatic heterocycles. The molecule has 6 aromatic carbocycles. The molecule has 230 valence electrons. The van der Waals surface area contributed by atoms with Crippen LogP contribution in [0.3, 0.4) is 0 Å². The lowest BCUT2D eigenvalue weighted by atomic mass is 9.98. The molecule has 0 spiro atoms. The van der Waals surface area contributed by atoms with Crippen LogP contribution in [0.25, 0.3) is 83.9 Å². The zero-order valence-electron chi connectivity index (χ0n) is 26.5. The smallest absolute Gasteiger partial charge is 0.160 e. The Morgan fingerprint density at radius 2 is 0.898 bits per heavy atom. The molecule has 0 aliphatic rings. The van der Waals surface area contributed by atoms with Crippen LogP contribution < -0.4 is 0 Å². The van der Waals surface area contributed by atoms with Crippen molar-refractivity contribution >= 4 is 21.9 Å². The Bertz CT molecular complexity index is 2590. The van der Waals surface area contributed by atoms with E-state index in [1.807, 2.05) is 30.3 Å². The summed E-state index contributed by atoms with van der Waals surface area (Å²) in [6.45, 7) is 0. The molecule has 9 rings (SSSR count). The molecular weight excluding hydrogens is 599 g/mol. The van der Waals surface area contributed by atoms with Crippen molar-refractivity contribution in [3.8, 4) is 62.0 Å². The third-order valence-electron chi connectivity index (χ3n) is 8.90. The number of rotatable bonds is 6. The van der Waals surface area contributed by atoms with Gasteiger partial charge in [-0.1, -0.05) is 133 Å². The summed E-state index contributed by atoms with van der Waals surface area (Å²) in [7, 11) is 0. The Morgan fingerprint density at radius 1 is 0.388 bits per heavy atom. The number of aromatic nitrogens is 5. The Labute approximate surface area is 283 Å². The van der Waals surface area contributed by atoms with E-state index in [2.05, 4.69) is 138 Å². The van der Waals surface area contributed by atoms with Gasteiger partial charge in [0.2, 0.25) is 0 Å². The van der Waals surface area contributed by atoms with Crippen molar-refractivity contribution in [2.75, 3.05) is 0 Å². The lowest BCUT2D eigenvalue weighted by Gasteiger charge is -2.13. The SMILES string of the molecule is c1ccc(-c2nccnc2-c2cccc(-c3cccc(-c4nc(-c5ccccc5)c5c(n4)c4ccccc4n5-c4ccccc4)c3)c2)cc1. The average Bonchev–Trinajstić information content (AvgIpc) is 3.53. The van der Waals surface area contributed by atoms with E-state index in [1.54, 1.807) is 12.4 Å². The fourth-order valence-corrected chi connectivity index (χ4v) is 6.66. The summed E-state index contributed by atoms with van der Waals surface area (Å²) in [6, 6.07) is 56.5. The molecule has 0 aliphatic carbocycles. The second-order valence-electron chi connectivity index (χ2n) is 11.9. The summed E-state index contributed by atoms with van der Waals surface area (Å²) in [4.78, 5) is 20.1. The van der Waals surface area contributed by atoms with Crippen LogP contribution in [-0.2, 0) is 0 Å². The molecule has 0 fully saturated rings. The van der Waals surface area contributed by atoms with Crippen LogP contribution in [0.5, 0.6) is 0 Å². The van der Waals surface area contributed by atoms with Gasteiger partial charge in [-0.25, -0.2) is 9.97 Å². The van der Waals surface area contributed by atoms with Gasteiger partial charge in [0.1, 0.15) is 5.52 Å². The molecule has 0 amide bonds. The molecule has 0 atom stereocenters. The third kappa shape index (κ3) is 5.14. The predicted molar refractivity (Wildman–Crippen MR) is 199 cm³/mol. The van der Waals surface area contributed by atoms with Gasteiger partial charge in [-0.2, -0.15) is 0 Å². The Kier molecular flexibility index (Phi) is 7.06. The lowest BCUT2D eigenvalue weighted by molar-refractivity contribution is 1.15. The van der Waals surface area contributed by atoms with Crippen molar-refractivity contribution in [3.63, 3.8) is 0 Å². The minimum atomic E-state index is 0.681. The summed E-state index contributed by atoms with van der Waals surface area (Å²) in [5.74, 6) is 0.681. The largest absolute Gasteiger partial charge is 0.306 e. The van der Waals surface area contributed by atoms with Crippen LogP contribution in [0.2, 0.25) is 0 Å². The third-order valence-corrected chi connectivity index (χ3v) is 8.90. The number of para-hydroxylation sites is 2.